The van der Waals surface area contributed by atoms with E-state index in [1.165, 1.54) is 60.3 Å². The molecule has 0 radical (unpaired) electrons. The number of hydrogen-bond donors (Lipinski definition) is 0. The average molecular weight is 500 g/mol. The normalized spacial score (nSPS) is 15.4. The molecule has 3 heterocycles. The SMILES string of the molecule is Cc1nc(C2CCc3ccccc3-c3cc4c5ccccc5n5c6ccccc6c(c32)c45)nc2ccccc12. The first-order chi connectivity index (χ1) is 19.3. The van der Waals surface area contributed by atoms with Gasteiger partial charge in [0.15, 0.2) is 0 Å². The Balaban J connectivity index is 1.50. The molecule has 3 nitrogen and oxygen atoms in total. The number of aryl methyl sites for hydroxylation is 2. The molecule has 0 bridgehead atoms. The molecular formula is C36H25N3. The maximum absolute atomic E-state index is 5.22. The summed E-state index contributed by atoms with van der Waals surface area (Å²) >= 11 is 0. The third-order valence-electron chi connectivity index (χ3n) is 8.89. The molecule has 1 aliphatic rings. The third-order valence-corrected chi connectivity index (χ3v) is 8.89. The Bertz CT molecular complexity index is 2250. The van der Waals surface area contributed by atoms with Crippen LogP contribution >= 0.6 is 0 Å². The van der Waals surface area contributed by atoms with Gasteiger partial charge in [-0.1, -0.05) is 78.9 Å². The minimum atomic E-state index is 0.0905. The summed E-state index contributed by atoms with van der Waals surface area (Å²) in [6, 6.07) is 37.6. The van der Waals surface area contributed by atoms with E-state index in [4.69, 9.17) is 9.97 Å². The van der Waals surface area contributed by atoms with E-state index in [0.717, 1.165) is 35.3 Å². The largest absolute Gasteiger partial charge is 0.308 e. The van der Waals surface area contributed by atoms with E-state index in [9.17, 15) is 0 Å². The molecule has 0 amide bonds. The van der Waals surface area contributed by atoms with Crippen LogP contribution in [0.5, 0.6) is 0 Å². The van der Waals surface area contributed by atoms with Gasteiger partial charge < -0.3 is 4.40 Å². The zero-order valence-corrected chi connectivity index (χ0v) is 21.6. The fourth-order valence-electron chi connectivity index (χ4n) is 7.25. The van der Waals surface area contributed by atoms with E-state index in [1.807, 2.05) is 0 Å². The van der Waals surface area contributed by atoms with Crippen LogP contribution in [-0.4, -0.2) is 14.4 Å². The van der Waals surface area contributed by atoms with Crippen LogP contribution in [0.25, 0.3) is 60.1 Å². The van der Waals surface area contributed by atoms with Crippen LogP contribution in [0.2, 0.25) is 0 Å². The summed E-state index contributed by atoms with van der Waals surface area (Å²) in [7, 11) is 0. The predicted molar refractivity (Wildman–Crippen MR) is 161 cm³/mol. The van der Waals surface area contributed by atoms with Crippen molar-refractivity contribution in [3.63, 3.8) is 0 Å². The van der Waals surface area contributed by atoms with E-state index in [1.54, 1.807) is 0 Å². The van der Waals surface area contributed by atoms with Crippen molar-refractivity contribution in [3.8, 4) is 11.1 Å². The minimum Gasteiger partial charge on any atom is -0.308 e. The van der Waals surface area contributed by atoms with Crippen molar-refractivity contribution in [2.24, 2.45) is 0 Å². The number of aromatic nitrogens is 3. The summed E-state index contributed by atoms with van der Waals surface area (Å²) in [5, 5.41) is 6.42. The maximum Gasteiger partial charge on any atom is 0.136 e. The Kier molecular flexibility index (Phi) is 4.15. The molecule has 0 spiro atoms. The summed E-state index contributed by atoms with van der Waals surface area (Å²) in [6.07, 6.45) is 1.97. The van der Waals surface area contributed by atoms with E-state index in [2.05, 4.69) is 114 Å². The number of nitrogens with zero attached hydrogens (tertiary/aromatic N) is 3. The second kappa shape index (κ2) is 7.64. The van der Waals surface area contributed by atoms with Gasteiger partial charge in [-0.2, -0.15) is 0 Å². The van der Waals surface area contributed by atoms with Crippen molar-refractivity contribution < 1.29 is 0 Å². The summed E-state index contributed by atoms with van der Waals surface area (Å²) < 4.78 is 2.48. The molecule has 3 aromatic heterocycles. The molecule has 0 N–H and O–H groups in total. The molecule has 9 rings (SSSR count). The van der Waals surface area contributed by atoms with Gasteiger partial charge in [0, 0.05) is 38.5 Å². The molecule has 0 saturated carbocycles. The van der Waals surface area contributed by atoms with Gasteiger partial charge in [-0.3, -0.25) is 0 Å². The molecule has 1 aliphatic carbocycles. The van der Waals surface area contributed by atoms with Gasteiger partial charge >= 0.3 is 0 Å². The zero-order chi connectivity index (χ0) is 25.7. The lowest BCUT2D eigenvalue weighted by Crippen LogP contribution is -2.09. The Morgan fingerprint density at radius 3 is 2.23 bits per heavy atom. The first-order valence-electron chi connectivity index (χ1n) is 13.8. The summed E-state index contributed by atoms with van der Waals surface area (Å²) in [6.45, 7) is 2.12. The van der Waals surface area contributed by atoms with Crippen molar-refractivity contribution in [2.75, 3.05) is 0 Å². The highest BCUT2D eigenvalue weighted by Crippen LogP contribution is 2.50. The van der Waals surface area contributed by atoms with Crippen LogP contribution in [0.4, 0.5) is 0 Å². The molecule has 0 saturated heterocycles. The van der Waals surface area contributed by atoms with Crippen LogP contribution in [0.1, 0.15) is 35.0 Å². The summed E-state index contributed by atoms with van der Waals surface area (Å²) in [5.41, 5.74) is 11.4. The lowest BCUT2D eigenvalue weighted by Gasteiger charge is -2.20. The van der Waals surface area contributed by atoms with Crippen molar-refractivity contribution in [1.82, 2.24) is 14.4 Å². The fraction of sp³-hybridized carbons (Fsp3) is 0.111. The molecule has 1 unspecified atom stereocenters. The van der Waals surface area contributed by atoms with Crippen LogP contribution in [0, 0.1) is 6.92 Å². The van der Waals surface area contributed by atoms with Gasteiger partial charge in [-0.15, -0.1) is 0 Å². The van der Waals surface area contributed by atoms with Gasteiger partial charge in [-0.25, -0.2) is 9.97 Å². The van der Waals surface area contributed by atoms with Crippen molar-refractivity contribution in [2.45, 2.75) is 25.7 Å². The van der Waals surface area contributed by atoms with Gasteiger partial charge in [0.2, 0.25) is 0 Å². The molecule has 184 valence electrons. The second-order valence-corrected chi connectivity index (χ2v) is 10.9. The number of hydrogen-bond acceptors (Lipinski definition) is 2. The molecule has 0 aliphatic heterocycles. The maximum atomic E-state index is 5.22. The number of rotatable bonds is 1. The third kappa shape index (κ3) is 2.77. The van der Waals surface area contributed by atoms with Crippen LogP contribution in [0.3, 0.4) is 0 Å². The summed E-state index contributed by atoms with van der Waals surface area (Å²) in [5.74, 6) is 1.02. The monoisotopic (exact) mass is 499 g/mol. The minimum absolute atomic E-state index is 0.0905. The molecule has 39 heavy (non-hydrogen) atoms. The van der Waals surface area contributed by atoms with Crippen molar-refractivity contribution in [3.05, 3.63) is 126 Å². The quantitative estimate of drug-likeness (QED) is 0.226. The molecular weight excluding hydrogens is 474 g/mol. The van der Waals surface area contributed by atoms with Gasteiger partial charge in [-0.05, 0) is 66.3 Å². The Labute approximate surface area is 225 Å². The highest BCUT2D eigenvalue weighted by Gasteiger charge is 2.32. The first kappa shape index (κ1) is 21.2. The topological polar surface area (TPSA) is 30.2 Å². The van der Waals surface area contributed by atoms with Crippen LogP contribution in [0.15, 0.2) is 103 Å². The second-order valence-electron chi connectivity index (χ2n) is 10.9. The Morgan fingerprint density at radius 1 is 0.667 bits per heavy atom. The van der Waals surface area contributed by atoms with Crippen LogP contribution in [-0.2, 0) is 6.42 Å². The van der Waals surface area contributed by atoms with Gasteiger partial charge in [0.1, 0.15) is 5.82 Å². The van der Waals surface area contributed by atoms with E-state index in [0.29, 0.717) is 0 Å². The molecule has 8 aromatic rings. The number of para-hydroxylation sites is 3. The van der Waals surface area contributed by atoms with Crippen LogP contribution < -0.4 is 0 Å². The van der Waals surface area contributed by atoms with Gasteiger partial charge in [0.25, 0.3) is 0 Å². The van der Waals surface area contributed by atoms with Crippen molar-refractivity contribution in [1.29, 1.82) is 0 Å². The molecule has 0 fully saturated rings. The zero-order valence-electron chi connectivity index (χ0n) is 21.6. The highest BCUT2D eigenvalue weighted by molar-refractivity contribution is 6.26. The summed E-state index contributed by atoms with van der Waals surface area (Å²) in [4.78, 5) is 10.4. The molecule has 3 heteroatoms. The fourth-order valence-corrected chi connectivity index (χ4v) is 7.25. The lowest BCUT2D eigenvalue weighted by molar-refractivity contribution is 0.685. The molecule has 5 aromatic carbocycles. The first-order valence-corrected chi connectivity index (χ1v) is 13.8. The average Bonchev–Trinajstić information content (AvgIpc) is 3.43. The smallest absolute Gasteiger partial charge is 0.136 e. The lowest BCUT2D eigenvalue weighted by atomic mass is 9.85. The van der Waals surface area contributed by atoms with Crippen molar-refractivity contribution >= 4 is 49.0 Å². The van der Waals surface area contributed by atoms with E-state index in [-0.39, 0.29) is 5.92 Å². The Morgan fingerprint density at radius 2 is 1.36 bits per heavy atom. The Hall–Kier alpha value is -4.76. The van der Waals surface area contributed by atoms with E-state index >= 15 is 0 Å². The standard InChI is InChI=1S/C36H25N3/c1-21-23-11-4-7-15-30(23)38-36(37-21)27-19-18-22-10-2-3-12-24(22)28-20-29-25-13-5-8-16-31(25)39-32-17-9-6-14-26(32)34(33(27)28)35(29)39/h2-17,20,27H,18-19H2,1H3. The number of fused-ring (bicyclic) bond motifs is 11. The van der Waals surface area contributed by atoms with E-state index < -0.39 is 0 Å². The van der Waals surface area contributed by atoms with Gasteiger partial charge in [0.05, 0.1) is 22.1 Å². The number of benzene rings is 5. The highest BCUT2D eigenvalue weighted by atomic mass is 14.9. The molecule has 1 atom stereocenters. The predicted octanol–water partition coefficient (Wildman–Crippen LogP) is 8.83.